The first kappa shape index (κ1) is 13.6. The second kappa shape index (κ2) is 4.56. The SMILES string of the molecule is NC(=O)[C@@]1(O)CCN(c2ccc3c(c2)CCC(=O)N3)C1=O. The molecular weight excluding hydrogens is 274 g/mol. The fraction of sp³-hybridized carbons (Fsp3) is 0.357. The monoisotopic (exact) mass is 289 g/mol. The summed E-state index contributed by atoms with van der Waals surface area (Å²) in [7, 11) is 0. The molecule has 1 aromatic rings. The first-order valence-electron chi connectivity index (χ1n) is 6.69. The van der Waals surface area contributed by atoms with Crippen molar-refractivity contribution in [1.82, 2.24) is 0 Å². The Bertz CT molecular complexity index is 658. The Morgan fingerprint density at radius 2 is 2.10 bits per heavy atom. The van der Waals surface area contributed by atoms with Gasteiger partial charge in [-0.1, -0.05) is 0 Å². The Hall–Kier alpha value is -2.41. The molecule has 3 rings (SSSR count). The van der Waals surface area contributed by atoms with Crippen LogP contribution in [0.3, 0.4) is 0 Å². The van der Waals surface area contributed by atoms with Crippen LogP contribution in [-0.4, -0.2) is 35.0 Å². The lowest BCUT2D eigenvalue weighted by Crippen LogP contribution is -2.50. The van der Waals surface area contributed by atoms with E-state index >= 15 is 0 Å². The third kappa shape index (κ3) is 2.06. The number of anilines is 2. The number of nitrogens with one attached hydrogen (secondary N) is 1. The van der Waals surface area contributed by atoms with Crippen LogP contribution in [0.2, 0.25) is 0 Å². The molecule has 1 fully saturated rings. The van der Waals surface area contributed by atoms with Crippen molar-refractivity contribution < 1.29 is 19.5 Å². The molecule has 21 heavy (non-hydrogen) atoms. The summed E-state index contributed by atoms with van der Waals surface area (Å²) in [5, 5.41) is 12.8. The van der Waals surface area contributed by atoms with Crippen LogP contribution in [0.15, 0.2) is 18.2 Å². The van der Waals surface area contributed by atoms with Gasteiger partial charge in [-0.05, 0) is 30.2 Å². The quantitative estimate of drug-likeness (QED) is 0.638. The molecule has 0 aliphatic carbocycles. The number of fused-ring (bicyclic) bond motifs is 1. The third-order valence-electron chi connectivity index (χ3n) is 4.00. The molecule has 0 unspecified atom stereocenters. The summed E-state index contributed by atoms with van der Waals surface area (Å²) < 4.78 is 0. The minimum absolute atomic E-state index is 0.0189. The van der Waals surface area contributed by atoms with Crippen LogP contribution in [-0.2, 0) is 20.8 Å². The van der Waals surface area contributed by atoms with Crippen LogP contribution in [0.4, 0.5) is 11.4 Å². The lowest BCUT2D eigenvalue weighted by Gasteiger charge is -2.22. The molecule has 2 aliphatic rings. The highest BCUT2D eigenvalue weighted by atomic mass is 16.3. The highest BCUT2D eigenvalue weighted by Crippen LogP contribution is 2.32. The zero-order chi connectivity index (χ0) is 15.2. The summed E-state index contributed by atoms with van der Waals surface area (Å²) >= 11 is 0. The molecule has 1 atom stereocenters. The number of primary amides is 1. The van der Waals surface area contributed by atoms with E-state index in [0.717, 1.165) is 11.3 Å². The fourth-order valence-corrected chi connectivity index (χ4v) is 2.72. The van der Waals surface area contributed by atoms with Crippen LogP contribution in [0.5, 0.6) is 0 Å². The number of rotatable bonds is 2. The molecular formula is C14H15N3O4. The van der Waals surface area contributed by atoms with E-state index in [2.05, 4.69) is 5.32 Å². The number of hydrogen-bond acceptors (Lipinski definition) is 4. The van der Waals surface area contributed by atoms with Gasteiger partial charge in [-0.25, -0.2) is 0 Å². The van der Waals surface area contributed by atoms with E-state index in [4.69, 9.17) is 5.73 Å². The molecule has 0 spiro atoms. The maximum atomic E-state index is 12.2. The van der Waals surface area contributed by atoms with Gasteiger partial charge in [0.1, 0.15) is 0 Å². The topological polar surface area (TPSA) is 113 Å². The molecule has 0 radical (unpaired) electrons. The van der Waals surface area contributed by atoms with Gasteiger partial charge in [-0.3, -0.25) is 14.4 Å². The molecule has 0 aromatic heterocycles. The van der Waals surface area contributed by atoms with Crippen LogP contribution in [0.1, 0.15) is 18.4 Å². The molecule has 0 saturated carbocycles. The number of nitrogens with zero attached hydrogens (tertiary/aromatic N) is 1. The van der Waals surface area contributed by atoms with Gasteiger partial charge in [-0.15, -0.1) is 0 Å². The molecule has 1 aromatic carbocycles. The molecule has 110 valence electrons. The van der Waals surface area contributed by atoms with Crippen molar-refractivity contribution >= 4 is 29.1 Å². The Morgan fingerprint density at radius 3 is 2.76 bits per heavy atom. The first-order chi connectivity index (χ1) is 9.91. The van der Waals surface area contributed by atoms with Crippen molar-refractivity contribution in [2.24, 2.45) is 5.73 Å². The summed E-state index contributed by atoms with van der Waals surface area (Å²) in [6.45, 7) is 0.226. The second-order valence-corrected chi connectivity index (χ2v) is 5.32. The predicted octanol–water partition coefficient (Wildman–Crippen LogP) is -0.476. The van der Waals surface area contributed by atoms with Crippen LogP contribution in [0.25, 0.3) is 0 Å². The minimum Gasteiger partial charge on any atom is -0.372 e. The van der Waals surface area contributed by atoms with Crippen LogP contribution in [0, 0.1) is 0 Å². The summed E-state index contributed by atoms with van der Waals surface area (Å²) in [4.78, 5) is 36.1. The third-order valence-corrected chi connectivity index (χ3v) is 4.00. The highest BCUT2D eigenvalue weighted by molar-refractivity contribution is 6.16. The van der Waals surface area contributed by atoms with E-state index in [9.17, 15) is 19.5 Å². The maximum absolute atomic E-state index is 12.2. The molecule has 3 amide bonds. The van der Waals surface area contributed by atoms with Crippen LogP contribution >= 0.6 is 0 Å². The van der Waals surface area contributed by atoms with E-state index in [0.29, 0.717) is 18.5 Å². The van der Waals surface area contributed by atoms with Crippen molar-refractivity contribution in [3.05, 3.63) is 23.8 Å². The number of aliphatic hydroxyl groups is 1. The van der Waals surface area contributed by atoms with Crippen molar-refractivity contribution in [2.45, 2.75) is 24.9 Å². The average Bonchev–Trinajstić information content (AvgIpc) is 2.76. The number of aryl methyl sites for hydroxylation is 1. The zero-order valence-electron chi connectivity index (χ0n) is 11.3. The lowest BCUT2D eigenvalue weighted by molar-refractivity contribution is -0.147. The van der Waals surface area contributed by atoms with Crippen LogP contribution < -0.4 is 16.0 Å². The van der Waals surface area contributed by atoms with Gasteiger partial charge >= 0.3 is 0 Å². The Kier molecular flexibility index (Phi) is 2.94. The van der Waals surface area contributed by atoms with Crippen molar-refractivity contribution in [3.63, 3.8) is 0 Å². The predicted molar refractivity (Wildman–Crippen MR) is 74.5 cm³/mol. The second-order valence-electron chi connectivity index (χ2n) is 5.32. The van der Waals surface area contributed by atoms with Gasteiger partial charge in [0.15, 0.2) is 0 Å². The Balaban J connectivity index is 1.91. The summed E-state index contributed by atoms with van der Waals surface area (Å²) in [5.74, 6) is -1.76. The number of benzene rings is 1. The van der Waals surface area contributed by atoms with Gasteiger partial charge in [0.05, 0.1) is 0 Å². The Labute approximate surface area is 120 Å². The average molecular weight is 289 g/mol. The normalized spacial score (nSPS) is 24.7. The lowest BCUT2D eigenvalue weighted by atomic mass is 10.0. The number of hydrogen-bond donors (Lipinski definition) is 3. The number of amides is 3. The van der Waals surface area contributed by atoms with Gasteiger partial charge in [-0.2, -0.15) is 0 Å². The van der Waals surface area contributed by atoms with Crippen molar-refractivity contribution in [2.75, 3.05) is 16.8 Å². The zero-order valence-corrected chi connectivity index (χ0v) is 11.3. The van der Waals surface area contributed by atoms with Crippen molar-refractivity contribution in [3.8, 4) is 0 Å². The molecule has 4 N–H and O–H groups in total. The summed E-state index contributed by atoms with van der Waals surface area (Å²) in [5.41, 5.74) is 5.23. The largest absolute Gasteiger partial charge is 0.372 e. The highest BCUT2D eigenvalue weighted by Gasteiger charge is 2.50. The molecule has 2 heterocycles. The maximum Gasteiger partial charge on any atom is 0.268 e. The van der Waals surface area contributed by atoms with Gasteiger partial charge in [0.25, 0.3) is 11.8 Å². The molecule has 7 heteroatoms. The van der Waals surface area contributed by atoms with E-state index < -0.39 is 17.4 Å². The van der Waals surface area contributed by atoms with E-state index in [1.165, 1.54) is 4.90 Å². The van der Waals surface area contributed by atoms with Gasteiger partial charge in [0, 0.05) is 30.8 Å². The number of nitrogens with two attached hydrogens (primary N) is 1. The fourth-order valence-electron chi connectivity index (χ4n) is 2.72. The summed E-state index contributed by atoms with van der Waals surface area (Å²) in [6.07, 6.45) is 0.974. The Morgan fingerprint density at radius 1 is 1.33 bits per heavy atom. The minimum atomic E-state index is -2.12. The molecule has 2 aliphatic heterocycles. The smallest absolute Gasteiger partial charge is 0.268 e. The van der Waals surface area contributed by atoms with E-state index in [1.54, 1.807) is 18.2 Å². The van der Waals surface area contributed by atoms with Gasteiger partial charge in [0.2, 0.25) is 11.5 Å². The first-order valence-corrected chi connectivity index (χ1v) is 6.69. The molecule has 0 bridgehead atoms. The standard InChI is InChI=1S/C14H15N3O4/c15-12(19)14(21)5-6-17(13(14)20)9-2-3-10-8(7-9)1-4-11(18)16-10/h2-3,7,21H,1,4-6H2,(H2,15,19)(H,16,18)/t14-/m0/s1. The van der Waals surface area contributed by atoms with E-state index in [1.807, 2.05) is 0 Å². The van der Waals surface area contributed by atoms with E-state index in [-0.39, 0.29) is 18.9 Å². The summed E-state index contributed by atoms with van der Waals surface area (Å²) in [6, 6.07) is 5.19. The number of carbonyl (C=O) groups excluding carboxylic acids is 3. The molecule has 1 saturated heterocycles. The van der Waals surface area contributed by atoms with Gasteiger partial charge < -0.3 is 21.1 Å². The molecule has 7 nitrogen and oxygen atoms in total. The van der Waals surface area contributed by atoms with Crippen molar-refractivity contribution in [1.29, 1.82) is 0 Å². The number of carbonyl (C=O) groups is 3.